The topological polar surface area (TPSA) is 84.9 Å². The molecule has 2 N–H and O–H groups in total. The monoisotopic (exact) mass is 399 g/mol. The van der Waals surface area contributed by atoms with Gasteiger partial charge in [0.05, 0.1) is 7.11 Å². The standard InChI is InChI=1S/C23H29NO5/c1-16(2)12-21(25)22(26)24-20(23(27)28-3)14-18-10-7-11-19(13-18)29-15-17-8-5-4-6-9-17/h4-11,13,16,20-21,25H,12,14-15H2,1-3H3,(H,24,26)/t20-,21-/m0/s1. The molecule has 6 nitrogen and oxygen atoms in total. The number of ether oxygens (including phenoxy) is 2. The molecule has 0 spiro atoms. The third-order valence-corrected chi connectivity index (χ3v) is 4.39. The number of benzene rings is 2. The van der Waals surface area contributed by atoms with Crippen LogP contribution in [0.25, 0.3) is 0 Å². The number of hydrogen-bond acceptors (Lipinski definition) is 5. The van der Waals surface area contributed by atoms with E-state index in [1.54, 1.807) is 0 Å². The second-order valence-electron chi connectivity index (χ2n) is 7.36. The lowest BCUT2D eigenvalue weighted by atomic mass is 10.0. The van der Waals surface area contributed by atoms with Crippen LogP contribution >= 0.6 is 0 Å². The molecule has 2 aromatic rings. The van der Waals surface area contributed by atoms with Crippen molar-refractivity contribution in [1.29, 1.82) is 0 Å². The molecule has 2 rings (SSSR count). The van der Waals surface area contributed by atoms with Crippen LogP contribution in [0.2, 0.25) is 0 Å². The molecule has 1 amide bonds. The van der Waals surface area contributed by atoms with E-state index in [2.05, 4.69) is 5.32 Å². The van der Waals surface area contributed by atoms with Crippen molar-refractivity contribution in [2.75, 3.05) is 7.11 Å². The molecule has 0 bridgehead atoms. The first-order valence-electron chi connectivity index (χ1n) is 9.71. The van der Waals surface area contributed by atoms with E-state index < -0.39 is 24.0 Å². The number of aliphatic hydroxyl groups excluding tert-OH is 1. The third-order valence-electron chi connectivity index (χ3n) is 4.39. The van der Waals surface area contributed by atoms with Gasteiger partial charge < -0.3 is 19.9 Å². The van der Waals surface area contributed by atoms with E-state index in [9.17, 15) is 14.7 Å². The molecule has 0 aliphatic rings. The molecule has 0 aromatic heterocycles. The van der Waals surface area contributed by atoms with Gasteiger partial charge in [-0.15, -0.1) is 0 Å². The van der Waals surface area contributed by atoms with Crippen molar-refractivity contribution < 1.29 is 24.2 Å². The predicted octanol–water partition coefficient (Wildman–Crippen LogP) is 2.87. The van der Waals surface area contributed by atoms with Gasteiger partial charge in [0, 0.05) is 6.42 Å². The molecule has 29 heavy (non-hydrogen) atoms. The van der Waals surface area contributed by atoms with Crippen molar-refractivity contribution >= 4 is 11.9 Å². The van der Waals surface area contributed by atoms with Gasteiger partial charge in [-0.25, -0.2) is 4.79 Å². The summed E-state index contributed by atoms with van der Waals surface area (Å²) >= 11 is 0. The lowest BCUT2D eigenvalue weighted by Crippen LogP contribution is -2.47. The molecule has 0 saturated heterocycles. The Morgan fingerprint density at radius 3 is 2.38 bits per heavy atom. The second kappa shape index (κ2) is 11.2. The maximum atomic E-state index is 12.2. The normalized spacial score (nSPS) is 12.9. The fraction of sp³-hybridized carbons (Fsp3) is 0.391. The van der Waals surface area contributed by atoms with Gasteiger partial charge in [0.25, 0.3) is 0 Å². The van der Waals surface area contributed by atoms with Crippen molar-refractivity contribution in [3.05, 3.63) is 65.7 Å². The van der Waals surface area contributed by atoms with Crippen LogP contribution in [-0.4, -0.2) is 36.2 Å². The van der Waals surface area contributed by atoms with Gasteiger partial charge in [-0.05, 0) is 35.6 Å². The largest absolute Gasteiger partial charge is 0.489 e. The van der Waals surface area contributed by atoms with Gasteiger partial charge in [0.2, 0.25) is 5.91 Å². The summed E-state index contributed by atoms with van der Waals surface area (Å²) in [6.07, 6.45) is -0.611. The lowest BCUT2D eigenvalue weighted by Gasteiger charge is -2.20. The highest BCUT2D eigenvalue weighted by atomic mass is 16.5. The Labute approximate surface area is 171 Å². The Bertz CT molecular complexity index is 791. The summed E-state index contributed by atoms with van der Waals surface area (Å²) in [4.78, 5) is 24.4. The van der Waals surface area contributed by atoms with Crippen LogP contribution in [0.15, 0.2) is 54.6 Å². The lowest BCUT2D eigenvalue weighted by molar-refractivity contribution is -0.146. The van der Waals surface area contributed by atoms with Crippen LogP contribution in [0.4, 0.5) is 0 Å². The predicted molar refractivity (Wildman–Crippen MR) is 110 cm³/mol. The first kappa shape index (κ1) is 22.4. The SMILES string of the molecule is COC(=O)[C@H](Cc1cccc(OCc2ccccc2)c1)NC(=O)[C@@H](O)CC(C)C. The Morgan fingerprint density at radius 2 is 1.72 bits per heavy atom. The molecule has 0 aliphatic heterocycles. The van der Waals surface area contributed by atoms with E-state index in [0.717, 1.165) is 11.1 Å². The van der Waals surface area contributed by atoms with Gasteiger partial charge in [-0.2, -0.15) is 0 Å². The number of esters is 1. The molecule has 0 saturated carbocycles. The number of methoxy groups -OCH3 is 1. The van der Waals surface area contributed by atoms with Crippen molar-refractivity contribution in [3.8, 4) is 5.75 Å². The minimum Gasteiger partial charge on any atom is -0.489 e. The Kier molecular flexibility index (Phi) is 8.68. The van der Waals surface area contributed by atoms with Crippen molar-refractivity contribution in [3.63, 3.8) is 0 Å². The number of carbonyl (C=O) groups is 2. The van der Waals surface area contributed by atoms with Gasteiger partial charge >= 0.3 is 5.97 Å². The van der Waals surface area contributed by atoms with E-state index in [-0.39, 0.29) is 12.3 Å². The fourth-order valence-corrected chi connectivity index (χ4v) is 2.90. The van der Waals surface area contributed by atoms with Gasteiger partial charge in [-0.1, -0.05) is 56.3 Å². The van der Waals surface area contributed by atoms with Gasteiger partial charge in [0.15, 0.2) is 0 Å². The highest BCUT2D eigenvalue weighted by Gasteiger charge is 2.25. The van der Waals surface area contributed by atoms with E-state index in [0.29, 0.717) is 18.8 Å². The minimum absolute atomic E-state index is 0.158. The van der Waals surface area contributed by atoms with Gasteiger partial charge in [-0.3, -0.25) is 4.79 Å². The molecule has 0 aliphatic carbocycles. The van der Waals surface area contributed by atoms with Gasteiger partial charge in [0.1, 0.15) is 24.5 Å². The Morgan fingerprint density at radius 1 is 1.03 bits per heavy atom. The number of rotatable bonds is 10. The van der Waals surface area contributed by atoms with Crippen LogP contribution in [0.5, 0.6) is 5.75 Å². The Hall–Kier alpha value is -2.86. The molecule has 0 radical (unpaired) electrons. The number of hydrogen-bond donors (Lipinski definition) is 2. The smallest absolute Gasteiger partial charge is 0.328 e. The average Bonchev–Trinajstić information content (AvgIpc) is 2.71. The summed E-state index contributed by atoms with van der Waals surface area (Å²) in [5.41, 5.74) is 1.86. The maximum absolute atomic E-state index is 12.2. The summed E-state index contributed by atoms with van der Waals surface area (Å²) in [6.45, 7) is 4.26. The van der Waals surface area contributed by atoms with Crippen LogP contribution in [-0.2, 0) is 27.4 Å². The molecule has 0 unspecified atom stereocenters. The van der Waals surface area contributed by atoms with E-state index in [4.69, 9.17) is 9.47 Å². The molecule has 0 heterocycles. The van der Waals surface area contributed by atoms with Crippen LogP contribution in [0.1, 0.15) is 31.4 Å². The number of carbonyl (C=O) groups excluding carboxylic acids is 2. The molecular weight excluding hydrogens is 370 g/mol. The molecule has 156 valence electrons. The fourth-order valence-electron chi connectivity index (χ4n) is 2.90. The van der Waals surface area contributed by atoms with E-state index in [1.807, 2.05) is 68.4 Å². The summed E-state index contributed by atoms with van der Waals surface area (Å²) in [6, 6.07) is 16.3. The third kappa shape index (κ3) is 7.58. The summed E-state index contributed by atoms with van der Waals surface area (Å²) in [7, 11) is 1.27. The van der Waals surface area contributed by atoms with Crippen molar-refractivity contribution in [2.45, 2.75) is 45.4 Å². The molecular formula is C23H29NO5. The number of aliphatic hydroxyl groups is 1. The van der Waals surface area contributed by atoms with E-state index in [1.165, 1.54) is 7.11 Å². The van der Waals surface area contributed by atoms with Crippen molar-refractivity contribution in [2.24, 2.45) is 5.92 Å². The van der Waals surface area contributed by atoms with Crippen LogP contribution in [0.3, 0.4) is 0 Å². The summed E-state index contributed by atoms with van der Waals surface area (Å²) < 4.78 is 10.6. The first-order chi connectivity index (χ1) is 13.9. The molecule has 2 atom stereocenters. The second-order valence-corrected chi connectivity index (χ2v) is 7.36. The zero-order valence-electron chi connectivity index (χ0n) is 17.1. The first-order valence-corrected chi connectivity index (χ1v) is 9.71. The Balaban J connectivity index is 2.02. The minimum atomic E-state index is -1.16. The maximum Gasteiger partial charge on any atom is 0.328 e. The summed E-state index contributed by atoms with van der Waals surface area (Å²) in [5.74, 6) is -0.316. The molecule has 6 heteroatoms. The zero-order valence-corrected chi connectivity index (χ0v) is 17.1. The summed E-state index contributed by atoms with van der Waals surface area (Å²) in [5, 5.41) is 12.6. The quantitative estimate of drug-likeness (QED) is 0.600. The van der Waals surface area contributed by atoms with Crippen LogP contribution < -0.4 is 10.1 Å². The highest BCUT2D eigenvalue weighted by molar-refractivity contribution is 5.87. The van der Waals surface area contributed by atoms with Crippen LogP contribution in [0, 0.1) is 5.92 Å². The number of amides is 1. The zero-order chi connectivity index (χ0) is 21.2. The number of nitrogens with one attached hydrogen (secondary N) is 1. The van der Waals surface area contributed by atoms with Crippen molar-refractivity contribution in [1.82, 2.24) is 5.32 Å². The molecule has 2 aromatic carbocycles. The average molecular weight is 399 g/mol. The highest BCUT2D eigenvalue weighted by Crippen LogP contribution is 2.17. The molecule has 0 fully saturated rings. The van der Waals surface area contributed by atoms with E-state index >= 15 is 0 Å².